The number of carboxylic acids is 1. The second-order valence-electron chi connectivity index (χ2n) is 4.53. The van der Waals surface area contributed by atoms with Crippen LogP contribution in [0.25, 0.3) is 0 Å². The molecule has 0 aliphatic heterocycles. The Morgan fingerprint density at radius 1 is 1.41 bits per heavy atom. The van der Waals surface area contributed by atoms with Crippen molar-refractivity contribution in [2.75, 3.05) is 0 Å². The van der Waals surface area contributed by atoms with Gasteiger partial charge in [-0.05, 0) is 31.6 Å². The first kappa shape index (κ1) is 13.9. The standard InChI is InChI=1S/C11H17F2NO3/c1-2-7-3-5-11(6-4-7,10(16)17)14-9(15)8(12)13/h7-8H,2-6H2,1H3,(H,14,15)(H,16,17). The molecule has 0 aromatic rings. The predicted octanol–water partition coefficient (Wildman–Crippen LogP) is 1.79. The molecule has 0 heterocycles. The summed E-state index contributed by atoms with van der Waals surface area (Å²) in [7, 11) is 0. The van der Waals surface area contributed by atoms with E-state index >= 15 is 0 Å². The van der Waals surface area contributed by atoms with Gasteiger partial charge in [0.1, 0.15) is 5.54 Å². The van der Waals surface area contributed by atoms with Gasteiger partial charge >= 0.3 is 12.4 Å². The molecule has 6 heteroatoms. The van der Waals surface area contributed by atoms with Crippen LogP contribution in [-0.2, 0) is 9.59 Å². The Morgan fingerprint density at radius 2 is 1.94 bits per heavy atom. The minimum atomic E-state index is -3.17. The monoisotopic (exact) mass is 249 g/mol. The molecule has 0 atom stereocenters. The quantitative estimate of drug-likeness (QED) is 0.798. The summed E-state index contributed by atoms with van der Waals surface area (Å²) in [6.07, 6.45) is -0.495. The van der Waals surface area contributed by atoms with E-state index in [1.165, 1.54) is 0 Å². The summed E-state index contributed by atoms with van der Waals surface area (Å²) in [6.45, 7) is 2.01. The van der Waals surface area contributed by atoms with E-state index in [-0.39, 0.29) is 12.8 Å². The fraction of sp³-hybridized carbons (Fsp3) is 0.818. The number of nitrogens with one attached hydrogen (secondary N) is 1. The Kier molecular flexibility index (Phi) is 4.42. The van der Waals surface area contributed by atoms with E-state index in [1.54, 1.807) is 0 Å². The molecule has 0 unspecified atom stereocenters. The normalized spacial score (nSPS) is 29.1. The average molecular weight is 249 g/mol. The number of alkyl halides is 2. The van der Waals surface area contributed by atoms with Crippen LogP contribution in [0.3, 0.4) is 0 Å². The fourth-order valence-electron chi connectivity index (χ4n) is 2.26. The Bertz CT molecular complexity index is 299. The first-order valence-electron chi connectivity index (χ1n) is 5.75. The molecule has 17 heavy (non-hydrogen) atoms. The minimum absolute atomic E-state index is 0.222. The highest BCUT2D eigenvalue weighted by atomic mass is 19.3. The van der Waals surface area contributed by atoms with Crippen LogP contribution in [0.2, 0.25) is 0 Å². The lowest BCUT2D eigenvalue weighted by atomic mass is 9.75. The van der Waals surface area contributed by atoms with Gasteiger partial charge in [0.2, 0.25) is 0 Å². The number of hydrogen-bond acceptors (Lipinski definition) is 2. The number of amides is 1. The van der Waals surface area contributed by atoms with Crippen molar-refractivity contribution in [1.82, 2.24) is 5.32 Å². The molecule has 0 spiro atoms. The lowest BCUT2D eigenvalue weighted by Gasteiger charge is -2.37. The van der Waals surface area contributed by atoms with Crippen molar-refractivity contribution in [3.8, 4) is 0 Å². The van der Waals surface area contributed by atoms with E-state index in [4.69, 9.17) is 5.11 Å². The summed E-state index contributed by atoms with van der Waals surface area (Å²) >= 11 is 0. The van der Waals surface area contributed by atoms with Gasteiger partial charge in [0.05, 0.1) is 0 Å². The van der Waals surface area contributed by atoms with Crippen molar-refractivity contribution in [3.05, 3.63) is 0 Å². The zero-order chi connectivity index (χ0) is 13.1. The van der Waals surface area contributed by atoms with Gasteiger partial charge in [-0.25, -0.2) is 4.79 Å². The summed E-state index contributed by atoms with van der Waals surface area (Å²) in [4.78, 5) is 22.1. The highest BCUT2D eigenvalue weighted by Gasteiger charge is 2.44. The molecule has 0 aromatic carbocycles. The van der Waals surface area contributed by atoms with Crippen LogP contribution < -0.4 is 5.32 Å². The lowest BCUT2D eigenvalue weighted by molar-refractivity contribution is -0.152. The van der Waals surface area contributed by atoms with E-state index in [2.05, 4.69) is 0 Å². The van der Waals surface area contributed by atoms with Gasteiger partial charge in [-0.1, -0.05) is 13.3 Å². The summed E-state index contributed by atoms with van der Waals surface area (Å²) in [6, 6.07) is 0. The van der Waals surface area contributed by atoms with Crippen molar-refractivity contribution in [1.29, 1.82) is 0 Å². The second-order valence-corrected chi connectivity index (χ2v) is 4.53. The van der Waals surface area contributed by atoms with Crippen LogP contribution in [0.4, 0.5) is 8.78 Å². The van der Waals surface area contributed by atoms with Crippen LogP contribution in [0, 0.1) is 5.92 Å². The predicted molar refractivity (Wildman–Crippen MR) is 56.8 cm³/mol. The van der Waals surface area contributed by atoms with Gasteiger partial charge in [0, 0.05) is 0 Å². The van der Waals surface area contributed by atoms with Gasteiger partial charge in [-0.15, -0.1) is 0 Å². The summed E-state index contributed by atoms with van der Waals surface area (Å²) in [5, 5.41) is 11.1. The third kappa shape index (κ3) is 3.14. The topological polar surface area (TPSA) is 66.4 Å². The highest BCUT2D eigenvalue weighted by molar-refractivity contribution is 5.88. The van der Waals surface area contributed by atoms with E-state index in [1.807, 2.05) is 12.2 Å². The molecular formula is C11H17F2NO3. The van der Waals surface area contributed by atoms with E-state index in [0.29, 0.717) is 18.8 Å². The number of carboxylic acid groups (broad SMARTS) is 1. The summed E-state index contributed by atoms with van der Waals surface area (Å²) in [5.74, 6) is -2.30. The molecule has 1 rings (SSSR count). The van der Waals surface area contributed by atoms with Crippen molar-refractivity contribution in [2.45, 2.75) is 51.0 Å². The molecule has 1 amide bonds. The first-order chi connectivity index (χ1) is 7.91. The van der Waals surface area contributed by atoms with Crippen molar-refractivity contribution >= 4 is 11.9 Å². The van der Waals surface area contributed by atoms with Crippen LogP contribution in [0.15, 0.2) is 0 Å². The number of halogens is 2. The molecule has 4 nitrogen and oxygen atoms in total. The van der Waals surface area contributed by atoms with E-state index < -0.39 is 23.8 Å². The highest BCUT2D eigenvalue weighted by Crippen LogP contribution is 2.34. The van der Waals surface area contributed by atoms with Gasteiger partial charge < -0.3 is 10.4 Å². The zero-order valence-electron chi connectivity index (χ0n) is 9.71. The fourth-order valence-corrected chi connectivity index (χ4v) is 2.26. The lowest BCUT2D eigenvalue weighted by Crippen LogP contribution is -2.57. The van der Waals surface area contributed by atoms with Gasteiger partial charge in [0.25, 0.3) is 5.91 Å². The molecule has 0 radical (unpaired) electrons. The number of hydrogen-bond donors (Lipinski definition) is 2. The molecule has 2 N–H and O–H groups in total. The first-order valence-corrected chi connectivity index (χ1v) is 5.75. The third-order valence-electron chi connectivity index (χ3n) is 3.51. The molecule has 0 aromatic heterocycles. The smallest absolute Gasteiger partial charge is 0.329 e. The Morgan fingerprint density at radius 3 is 2.29 bits per heavy atom. The zero-order valence-corrected chi connectivity index (χ0v) is 9.71. The minimum Gasteiger partial charge on any atom is -0.480 e. The van der Waals surface area contributed by atoms with Crippen LogP contribution in [0.1, 0.15) is 39.0 Å². The third-order valence-corrected chi connectivity index (χ3v) is 3.51. The maximum Gasteiger partial charge on any atom is 0.329 e. The number of aliphatic carboxylic acids is 1. The van der Waals surface area contributed by atoms with Crippen LogP contribution in [-0.4, -0.2) is 28.9 Å². The maximum atomic E-state index is 12.2. The van der Waals surface area contributed by atoms with Crippen molar-refractivity contribution < 1.29 is 23.5 Å². The van der Waals surface area contributed by atoms with E-state index in [0.717, 1.165) is 6.42 Å². The maximum absolute atomic E-state index is 12.2. The summed E-state index contributed by atoms with van der Waals surface area (Å²) < 4.78 is 24.3. The SMILES string of the molecule is CCC1CCC(NC(=O)C(F)F)(C(=O)O)CC1. The molecule has 0 bridgehead atoms. The van der Waals surface area contributed by atoms with Crippen molar-refractivity contribution in [2.24, 2.45) is 5.92 Å². The largest absolute Gasteiger partial charge is 0.480 e. The summed E-state index contributed by atoms with van der Waals surface area (Å²) in [5.41, 5.74) is -1.50. The number of carbonyl (C=O) groups is 2. The van der Waals surface area contributed by atoms with Crippen LogP contribution in [0.5, 0.6) is 0 Å². The molecule has 1 aliphatic rings. The molecule has 1 saturated carbocycles. The second kappa shape index (κ2) is 5.42. The average Bonchev–Trinajstić information content (AvgIpc) is 2.29. The van der Waals surface area contributed by atoms with Crippen molar-refractivity contribution in [3.63, 3.8) is 0 Å². The molecule has 0 saturated heterocycles. The number of rotatable bonds is 4. The molecule has 98 valence electrons. The van der Waals surface area contributed by atoms with Gasteiger partial charge in [0.15, 0.2) is 0 Å². The van der Waals surface area contributed by atoms with E-state index in [9.17, 15) is 18.4 Å². The molecule has 1 aliphatic carbocycles. The van der Waals surface area contributed by atoms with Gasteiger partial charge in [-0.2, -0.15) is 8.78 Å². The Labute approximate surface area is 98.4 Å². The molecular weight excluding hydrogens is 232 g/mol. The Balaban J connectivity index is 2.72. The molecule has 1 fully saturated rings. The van der Waals surface area contributed by atoms with Gasteiger partial charge in [-0.3, -0.25) is 4.79 Å². The number of carbonyl (C=O) groups excluding carboxylic acids is 1. The Hall–Kier alpha value is -1.20. The van der Waals surface area contributed by atoms with Crippen LogP contribution >= 0.6 is 0 Å².